The molecule has 26 heavy (non-hydrogen) atoms. The van der Waals surface area contributed by atoms with E-state index < -0.39 is 15.8 Å². The summed E-state index contributed by atoms with van der Waals surface area (Å²) in [6, 6.07) is 11.1. The minimum atomic E-state index is -3.47. The number of nitrogens with one attached hydrogen (secondary N) is 1. The summed E-state index contributed by atoms with van der Waals surface area (Å²) in [5, 5.41) is 2.61. The van der Waals surface area contributed by atoms with Gasteiger partial charge < -0.3 is 5.32 Å². The molecule has 0 heterocycles. The van der Waals surface area contributed by atoms with Crippen LogP contribution in [0.4, 0.5) is 15.8 Å². The standard InChI is InChI=1S/C19H23FN2O3S/c1-14-7-4-10-18(15(14)2)22(26(3,24)25)12-6-11-19(23)21-17-9-5-8-16(20)13-17/h4-5,7-10,13H,6,11-12H2,1-3H3,(H,21,23). The van der Waals surface area contributed by atoms with Gasteiger partial charge in [0.15, 0.2) is 0 Å². The topological polar surface area (TPSA) is 66.5 Å². The van der Waals surface area contributed by atoms with Gasteiger partial charge in [0, 0.05) is 18.7 Å². The van der Waals surface area contributed by atoms with Gasteiger partial charge in [0.1, 0.15) is 5.82 Å². The van der Waals surface area contributed by atoms with E-state index in [9.17, 15) is 17.6 Å². The highest BCUT2D eigenvalue weighted by Gasteiger charge is 2.19. The number of benzene rings is 2. The molecule has 2 rings (SSSR count). The number of anilines is 2. The van der Waals surface area contributed by atoms with Crippen molar-refractivity contribution in [2.45, 2.75) is 26.7 Å². The quantitative estimate of drug-likeness (QED) is 0.800. The number of rotatable bonds is 7. The molecule has 1 N–H and O–H groups in total. The molecular formula is C19H23FN2O3S. The Balaban J connectivity index is 2.02. The summed E-state index contributed by atoms with van der Waals surface area (Å²) < 4.78 is 38.8. The molecule has 0 bridgehead atoms. The Morgan fingerprint density at radius 3 is 2.50 bits per heavy atom. The molecule has 0 aliphatic heterocycles. The van der Waals surface area contributed by atoms with Crippen molar-refractivity contribution in [1.82, 2.24) is 0 Å². The van der Waals surface area contributed by atoms with Crippen LogP contribution < -0.4 is 9.62 Å². The number of carbonyl (C=O) groups excluding carboxylic acids is 1. The molecule has 0 spiro atoms. The lowest BCUT2D eigenvalue weighted by Gasteiger charge is -2.24. The third kappa shape index (κ3) is 5.29. The van der Waals surface area contributed by atoms with Crippen molar-refractivity contribution in [2.75, 3.05) is 22.4 Å². The van der Waals surface area contributed by atoms with Crippen LogP contribution in [-0.2, 0) is 14.8 Å². The van der Waals surface area contributed by atoms with Gasteiger partial charge in [-0.25, -0.2) is 12.8 Å². The molecule has 140 valence electrons. The van der Waals surface area contributed by atoms with Crippen molar-refractivity contribution in [3.8, 4) is 0 Å². The maximum absolute atomic E-state index is 13.1. The van der Waals surface area contributed by atoms with E-state index in [4.69, 9.17) is 0 Å². The molecule has 0 unspecified atom stereocenters. The number of hydrogen-bond acceptors (Lipinski definition) is 3. The first-order chi connectivity index (χ1) is 12.2. The lowest BCUT2D eigenvalue weighted by atomic mass is 10.1. The van der Waals surface area contributed by atoms with Gasteiger partial charge in [0.05, 0.1) is 11.9 Å². The molecule has 2 aromatic carbocycles. The van der Waals surface area contributed by atoms with E-state index in [1.54, 1.807) is 12.1 Å². The SMILES string of the molecule is Cc1cccc(N(CCCC(=O)Nc2cccc(F)c2)S(C)(=O)=O)c1C. The van der Waals surface area contributed by atoms with Crippen molar-refractivity contribution < 1.29 is 17.6 Å². The largest absolute Gasteiger partial charge is 0.326 e. The third-order valence-corrected chi connectivity index (χ3v) is 5.30. The van der Waals surface area contributed by atoms with E-state index in [1.807, 2.05) is 26.0 Å². The van der Waals surface area contributed by atoms with Gasteiger partial charge in [0.25, 0.3) is 0 Å². The van der Waals surface area contributed by atoms with E-state index >= 15 is 0 Å². The minimum absolute atomic E-state index is 0.132. The summed E-state index contributed by atoms with van der Waals surface area (Å²) in [6.07, 6.45) is 1.64. The first-order valence-corrected chi connectivity index (χ1v) is 10.1. The number of nitrogens with zero attached hydrogens (tertiary/aromatic N) is 1. The maximum atomic E-state index is 13.1. The van der Waals surface area contributed by atoms with Gasteiger partial charge in [-0.05, 0) is 55.7 Å². The normalized spacial score (nSPS) is 11.2. The number of hydrogen-bond donors (Lipinski definition) is 1. The van der Waals surface area contributed by atoms with Crippen LogP contribution in [0.2, 0.25) is 0 Å². The first kappa shape index (κ1) is 19.9. The number of aryl methyl sites for hydroxylation is 1. The number of sulfonamides is 1. The molecule has 0 fully saturated rings. The van der Waals surface area contributed by atoms with E-state index in [1.165, 1.54) is 22.5 Å². The van der Waals surface area contributed by atoms with E-state index in [2.05, 4.69) is 5.32 Å². The molecule has 5 nitrogen and oxygen atoms in total. The van der Waals surface area contributed by atoms with Gasteiger partial charge in [0.2, 0.25) is 15.9 Å². The highest BCUT2D eigenvalue weighted by molar-refractivity contribution is 7.92. The molecule has 0 saturated carbocycles. The monoisotopic (exact) mass is 378 g/mol. The van der Waals surface area contributed by atoms with Crippen molar-refractivity contribution in [2.24, 2.45) is 0 Å². The Morgan fingerprint density at radius 2 is 1.85 bits per heavy atom. The first-order valence-electron chi connectivity index (χ1n) is 8.28. The Morgan fingerprint density at radius 1 is 1.15 bits per heavy atom. The second-order valence-electron chi connectivity index (χ2n) is 6.22. The second kappa shape index (κ2) is 8.31. The predicted octanol–water partition coefficient (Wildman–Crippen LogP) is 3.63. The van der Waals surface area contributed by atoms with Crippen molar-refractivity contribution in [3.63, 3.8) is 0 Å². The fourth-order valence-corrected chi connectivity index (χ4v) is 3.66. The zero-order chi connectivity index (χ0) is 19.3. The highest BCUT2D eigenvalue weighted by Crippen LogP contribution is 2.25. The van der Waals surface area contributed by atoms with E-state index in [0.29, 0.717) is 17.8 Å². The number of carbonyl (C=O) groups is 1. The summed E-state index contributed by atoms with van der Waals surface area (Å²) in [4.78, 5) is 12.0. The number of amides is 1. The second-order valence-corrected chi connectivity index (χ2v) is 8.12. The molecule has 0 aliphatic carbocycles. The molecular weight excluding hydrogens is 355 g/mol. The lowest BCUT2D eigenvalue weighted by Crippen LogP contribution is -2.32. The Kier molecular flexibility index (Phi) is 6.37. The van der Waals surface area contributed by atoms with Gasteiger partial charge in [-0.15, -0.1) is 0 Å². The van der Waals surface area contributed by atoms with Crippen LogP contribution >= 0.6 is 0 Å². The predicted molar refractivity (Wildman–Crippen MR) is 102 cm³/mol. The van der Waals surface area contributed by atoms with Gasteiger partial charge in [-0.3, -0.25) is 9.10 Å². The van der Waals surface area contributed by atoms with Crippen LogP contribution in [0.25, 0.3) is 0 Å². The fraction of sp³-hybridized carbons (Fsp3) is 0.316. The molecule has 0 radical (unpaired) electrons. The Hall–Kier alpha value is -2.41. The maximum Gasteiger partial charge on any atom is 0.232 e. The van der Waals surface area contributed by atoms with Gasteiger partial charge in [-0.1, -0.05) is 18.2 Å². The van der Waals surface area contributed by atoms with E-state index in [-0.39, 0.29) is 18.9 Å². The van der Waals surface area contributed by atoms with Crippen molar-refractivity contribution >= 4 is 27.3 Å². The Bertz CT molecular complexity index is 897. The molecule has 0 saturated heterocycles. The molecule has 0 atom stereocenters. The highest BCUT2D eigenvalue weighted by atomic mass is 32.2. The summed E-state index contributed by atoms with van der Waals surface area (Å²) in [7, 11) is -3.47. The summed E-state index contributed by atoms with van der Waals surface area (Å²) in [5.74, 6) is -0.717. The zero-order valence-corrected chi connectivity index (χ0v) is 15.9. The molecule has 1 amide bonds. The van der Waals surface area contributed by atoms with Crippen LogP contribution in [0.5, 0.6) is 0 Å². The average Bonchev–Trinajstić information content (AvgIpc) is 2.53. The van der Waals surface area contributed by atoms with E-state index in [0.717, 1.165) is 17.4 Å². The van der Waals surface area contributed by atoms with Crippen LogP contribution in [0, 0.1) is 19.7 Å². The Labute approximate surface area is 153 Å². The minimum Gasteiger partial charge on any atom is -0.326 e. The van der Waals surface area contributed by atoms with Crippen LogP contribution in [-0.4, -0.2) is 27.1 Å². The van der Waals surface area contributed by atoms with Crippen molar-refractivity contribution in [3.05, 3.63) is 59.4 Å². The average molecular weight is 378 g/mol. The van der Waals surface area contributed by atoms with Crippen LogP contribution in [0.3, 0.4) is 0 Å². The summed E-state index contributed by atoms with van der Waals surface area (Å²) in [6.45, 7) is 3.99. The smallest absolute Gasteiger partial charge is 0.232 e. The summed E-state index contributed by atoms with van der Waals surface area (Å²) >= 11 is 0. The molecule has 2 aromatic rings. The van der Waals surface area contributed by atoms with Gasteiger partial charge in [-0.2, -0.15) is 0 Å². The molecule has 0 aromatic heterocycles. The summed E-state index contributed by atoms with van der Waals surface area (Å²) in [5.41, 5.74) is 2.89. The van der Waals surface area contributed by atoms with Gasteiger partial charge >= 0.3 is 0 Å². The van der Waals surface area contributed by atoms with Crippen LogP contribution in [0.1, 0.15) is 24.0 Å². The molecule has 7 heteroatoms. The van der Waals surface area contributed by atoms with Crippen molar-refractivity contribution in [1.29, 1.82) is 0 Å². The fourth-order valence-electron chi connectivity index (χ4n) is 2.64. The number of halogens is 1. The lowest BCUT2D eigenvalue weighted by molar-refractivity contribution is -0.116. The zero-order valence-electron chi connectivity index (χ0n) is 15.1. The third-order valence-electron chi connectivity index (χ3n) is 4.12. The van der Waals surface area contributed by atoms with Crippen LogP contribution in [0.15, 0.2) is 42.5 Å². The molecule has 0 aliphatic rings.